The molecule has 0 spiro atoms. The minimum absolute atomic E-state index is 0.100. The van der Waals surface area contributed by atoms with E-state index in [2.05, 4.69) is 11.3 Å². The van der Waals surface area contributed by atoms with E-state index in [0.717, 1.165) is 17.0 Å². The van der Waals surface area contributed by atoms with E-state index in [1.807, 2.05) is 24.3 Å². The topological polar surface area (TPSA) is 38.0 Å². The molecule has 1 aromatic rings. The average Bonchev–Trinajstić information content (AvgIpc) is 2.21. The van der Waals surface area contributed by atoms with Crippen LogP contribution in [0.5, 0.6) is 0 Å². The molecule has 0 aromatic heterocycles. The summed E-state index contributed by atoms with van der Waals surface area (Å²) < 4.78 is 0. The van der Waals surface area contributed by atoms with Crippen LogP contribution in [-0.2, 0) is 0 Å². The number of halogens is 1. The van der Waals surface area contributed by atoms with Gasteiger partial charge in [-0.1, -0.05) is 23.7 Å². The fourth-order valence-electron chi connectivity index (χ4n) is 1.27. The lowest BCUT2D eigenvalue weighted by atomic mass is 10.0. The second-order valence-corrected chi connectivity index (χ2v) is 3.45. The maximum absolute atomic E-state index is 5.78. The number of nitrogens with two attached hydrogens (primary N) is 1. The van der Waals surface area contributed by atoms with Gasteiger partial charge in [-0.05, 0) is 24.1 Å². The summed E-state index contributed by atoms with van der Waals surface area (Å²) in [6.45, 7) is 0. The predicted octanol–water partition coefficient (Wildman–Crippen LogP) is 2.26. The van der Waals surface area contributed by atoms with E-state index in [0.29, 0.717) is 6.42 Å². The lowest BCUT2D eigenvalue weighted by Gasteiger charge is -2.14. The highest BCUT2D eigenvalue weighted by Crippen LogP contribution is 2.19. The molecule has 0 amide bonds. The van der Waals surface area contributed by atoms with Crippen molar-refractivity contribution in [1.82, 2.24) is 5.43 Å². The molecule has 0 fully saturated rings. The molecule has 0 aliphatic rings. The first kappa shape index (κ1) is 11.1. The molecule has 0 bridgehead atoms. The molecule has 1 rings (SSSR count). The second kappa shape index (κ2) is 5.66. The Morgan fingerprint density at radius 1 is 1.43 bits per heavy atom. The van der Waals surface area contributed by atoms with E-state index in [1.165, 1.54) is 0 Å². The molecule has 2 nitrogen and oxygen atoms in total. The Labute approximate surface area is 89.4 Å². The van der Waals surface area contributed by atoms with Crippen LogP contribution in [0.4, 0.5) is 0 Å². The molecule has 0 aliphatic heterocycles. The van der Waals surface area contributed by atoms with Crippen molar-refractivity contribution in [2.45, 2.75) is 18.9 Å². The molecule has 1 aromatic carbocycles. The van der Waals surface area contributed by atoms with Crippen LogP contribution >= 0.6 is 11.6 Å². The summed E-state index contributed by atoms with van der Waals surface area (Å²) in [6.07, 6.45) is 6.73. The summed E-state index contributed by atoms with van der Waals surface area (Å²) in [4.78, 5) is 0. The predicted molar refractivity (Wildman–Crippen MR) is 59.6 cm³/mol. The van der Waals surface area contributed by atoms with Gasteiger partial charge in [0.1, 0.15) is 0 Å². The number of terminal acetylenes is 1. The summed E-state index contributed by atoms with van der Waals surface area (Å²) in [5.74, 6) is 8.02. The maximum atomic E-state index is 5.78. The summed E-state index contributed by atoms with van der Waals surface area (Å²) in [6, 6.07) is 7.68. The van der Waals surface area contributed by atoms with E-state index in [1.54, 1.807) is 0 Å². The number of hydrogen-bond acceptors (Lipinski definition) is 2. The number of rotatable bonds is 4. The molecule has 74 valence electrons. The van der Waals surface area contributed by atoms with E-state index >= 15 is 0 Å². The molecule has 1 unspecified atom stereocenters. The van der Waals surface area contributed by atoms with Crippen LogP contribution in [0, 0.1) is 12.3 Å². The molecule has 0 saturated heterocycles. The Morgan fingerprint density at radius 2 is 2.07 bits per heavy atom. The Kier molecular flexibility index (Phi) is 4.48. The van der Waals surface area contributed by atoms with Gasteiger partial charge in [0.2, 0.25) is 0 Å². The minimum Gasteiger partial charge on any atom is -0.271 e. The molecule has 1 atom stereocenters. The Balaban J connectivity index is 2.69. The van der Waals surface area contributed by atoms with Crippen molar-refractivity contribution in [3.63, 3.8) is 0 Å². The monoisotopic (exact) mass is 208 g/mol. The van der Waals surface area contributed by atoms with Gasteiger partial charge in [-0.15, -0.1) is 12.3 Å². The highest BCUT2D eigenvalue weighted by atomic mass is 35.5. The smallest absolute Gasteiger partial charge is 0.0469 e. The van der Waals surface area contributed by atoms with Crippen LogP contribution in [0.3, 0.4) is 0 Å². The minimum atomic E-state index is 0.100. The summed E-state index contributed by atoms with van der Waals surface area (Å²) in [5.41, 5.74) is 3.84. The van der Waals surface area contributed by atoms with Crippen LogP contribution in [0.15, 0.2) is 24.3 Å². The Bertz CT molecular complexity index is 313. The molecule has 0 heterocycles. The Hall–Kier alpha value is -1.01. The van der Waals surface area contributed by atoms with Crippen LogP contribution < -0.4 is 11.3 Å². The third-order valence-corrected chi connectivity index (χ3v) is 2.30. The van der Waals surface area contributed by atoms with Gasteiger partial charge < -0.3 is 0 Å². The fourth-order valence-corrected chi connectivity index (χ4v) is 1.39. The summed E-state index contributed by atoms with van der Waals surface area (Å²) >= 11 is 5.78. The highest BCUT2D eigenvalue weighted by molar-refractivity contribution is 6.30. The number of nitrogens with one attached hydrogen (secondary N) is 1. The van der Waals surface area contributed by atoms with Gasteiger partial charge in [0.05, 0.1) is 0 Å². The summed E-state index contributed by atoms with van der Waals surface area (Å²) in [5, 5.41) is 0.724. The van der Waals surface area contributed by atoms with Gasteiger partial charge in [-0.3, -0.25) is 11.3 Å². The molecule has 14 heavy (non-hydrogen) atoms. The molecule has 0 saturated carbocycles. The van der Waals surface area contributed by atoms with Gasteiger partial charge >= 0.3 is 0 Å². The first-order valence-electron chi connectivity index (χ1n) is 4.43. The van der Waals surface area contributed by atoms with E-state index in [4.69, 9.17) is 23.9 Å². The zero-order chi connectivity index (χ0) is 10.4. The van der Waals surface area contributed by atoms with Crippen molar-refractivity contribution in [3.05, 3.63) is 34.9 Å². The summed E-state index contributed by atoms with van der Waals surface area (Å²) in [7, 11) is 0. The van der Waals surface area contributed by atoms with Gasteiger partial charge in [0.15, 0.2) is 0 Å². The van der Waals surface area contributed by atoms with Crippen molar-refractivity contribution in [2.24, 2.45) is 5.84 Å². The molecular weight excluding hydrogens is 196 g/mol. The lowest BCUT2D eigenvalue weighted by Crippen LogP contribution is -2.27. The molecule has 3 heteroatoms. The SMILES string of the molecule is C#CCCC(NN)c1ccc(Cl)cc1. The second-order valence-electron chi connectivity index (χ2n) is 3.01. The van der Waals surface area contributed by atoms with E-state index < -0.39 is 0 Å². The van der Waals surface area contributed by atoms with Crippen molar-refractivity contribution < 1.29 is 0 Å². The van der Waals surface area contributed by atoms with Crippen LogP contribution in [0.25, 0.3) is 0 Å². The lowest BCUT2D eigenvalue weighted by molar-refractivity contribution is 0.524. The maximum Gasteiger partial charge on any atom is 0.0469 e. The van der Waals surface area contributed by atoms with Gasteiger partial charge in [-0.2, -0.15) is 0 Å². The van der Waals surface area contributed by atoms with Gasteiger partial charge in [-0.25, -0.2) is 0 Å². The fraction of sp³-hybridized carbons (Fsp3) is 0.273. The normalized spacial score (nSPS) is 12.1. The molecule has 3 N–H and O–H groups in total. The van der Waals surface area contributed by atoms with Crippen molar-refractivity contribution >= 4 is 11.6 Å². The van der Waals surface area contributed by atoms with Crippen molar-refractivity contribution in [1.29, 1.82) is 0 Å². The number of hydrogen-bond donors (Lipinski definition) is 2. The van der Waals surface area contributed by atoms with Gasteiger partial charge in [0, 0.05) is 17.5 Å². The zero-order valence-electron chi connectivity index (χ0n) is 7.83. The quantitative estimate of drug-likeness (QED) is 0.453. The zero-order valence-corrected chi connectivity index (χ0v) is 8.59. The van der Waals surface area contributed by atoms with Crippen LogP contribution in [0.1, 0.15) is 24.4 Å². The third kappa shape index (κ3) is 3.04. The van der Waals surface area contributed by atoms with E-state index in [-0.39, 0.29) is 6.04 Å². The number of hydrazine groups is 1. The molecule has 0 radical (unpaired) electrons. The van der Waals surface area contributed by atoms with Crippen LogP contribution in [-0.4, -0.2) is 0 Å². The van der Waals surface area contributed by atoms with Crippen LogP contribution in [0.2, 0.25) is 5.02 Å². The van der Waals surface area contributed by atoms with Gasteiger partial charge in [0.25, 0.3) is 0 Å². The Morgan fingerprint density at radius 3 is 2.57 bits per heavy atom. The first-order chi connectivity index (χ1) is 6.77. The van der Waals surface area contributed by atoms with E-state index in [9.17, 15) is 0 Å². The largest absolute Gasteiger partial charge is 0.271 e. The standard InChI is InChI=1S/C11H13ClN2/c1-2-3-4-11(14-13)9-5-7-10(12)8-6-9/h1,5-8,11,14H,3-4,13H2. The average molecular weight is 209 g/mol. The number of benzene rings is 1. The van der Waals surface area contributed by atoms with Crippen molar-refractivity contribution in [2.75, 3.05) is 0 Å². The molecular formula is C11H13ClN2. The van der Waals surface area contributed by atoms with Crippen molar-refractivity contribution in [3.8, 4) is 12.3 Å². The first-order valence-corrected chi connectivity index (χ1v) is 4.80. The highest BCUT2D eigenvalue weighted by Gasteiger charge is 2.07. The third-order valence-electron chi connectivity index (χ3n) is 2.05. The molecule has 0 aliphatic carbocycles.